The van der Waals surface area contributed by atoms with E-state index in [-0.39, 0.29) is 249 Å². The second-order valence-corrected chi connectivity index (χ2v) is 6.26. The first kappa shape index (κ1) is 44.1. The summed E-state index contributed by atoms with van der Waals surface area (Å²) in [6.07, 6.45) is 0.0552. The molecule has 144 valence electrons. The smallest absolute Gasteiger partial charge is 0.668 e. The van der Waals surface area contributed by atoms with Gasteiger partial charge in [0.2, 0.25) is 11.8 Å². The molecule has 0 saturated carbocycles. The zero-order valence-corrected chi connectivity index (χ0v) is 32.8. The minimum absolute atomic E-state index is 0. The molecule has 0 bridgehead atoms. The Labute approximate surface area is 353 Å². The molecule has 0 heterocycles. The largest absolute Gasteiger partial charge is 1.00 e. The first-order valence-electron chi connectivity index (χ1n) is 8.01. The molecule has 0 spiro atoms. The van der Waals surface area contributed by atoms with E-state index in [1.807, 2.05) is 0 Å². The number of carbonyl (C=O) groups is 4. The second-order valence-electron chi connectivity index (χ2n) is 4.98. The Morgan fingerprint density at radius 3 is 1.90 bits per heavy atom. The van der Waals surface area contributed by atoms with Crippen LogP contribution in [0.4, 0.5) is 0 Å². The number of rotatable bonds is 12. The fourth-order valence-electron chi connectivity index (χ4n) is 1.54. The van der Waals surface area contributed by atoms with Crippen molar-refractivity contribution in [1.82, 2.24) is 10.0 Å². The fraction of sp³-hybridized carbons (Fsp3) is 0.733. The third-order valence-corrected chi connectivity index (χ3v) is 4.35. The Balaban J connectivity index is -0.000000480. The number of hydrogen-bond donors (Lipinski definition) is 2. The van der Waals surface area contributed by atoms with E-state index >= 15 is 0 Å². The third kappa shape index (κ3) is 24.6. The molecule has 1 unspecified atom stereocenters. The number of amides is 2. The van der Waals surface area contributed by atoms with Crippen molar-refractivity contribution in [3.05, 3.63) is 0 Å². The van der Waals surface area contributed by atoms with Gasteiger partial charge in [-0.15, -0.1) is 0 Å². The molecule has 0 aromatic rings. The van der Waals surface area contributed by atoms with Gasteiger partial charge in [0.15, 0.2) is 0 Å². The van der Waals surface area contributed by atoms with E-state index in [2.05, 4.69) is 22.9 Å². The van der Waals surface area contributed by atoms with Crippen LogP contribution in [0.2, 0.25) is 0 Å². The van der Waals surface area contributed by atoms with Crippen molar-refractivity contribution in [2.45, 2.75) is 52.2 Å². The van der Waals surface area contributed by atoms with Gasteiger partial charge in [-0.05, 0) is 0 Å². The molecule has 0 aliphatic rings. The van der Waals surface area contributed by atoms with Crippen LogP contribution in [0.5, 0.6) is 0 Å². The summed E-state index contributed by atoms with van der Waals surface area (Å²) < 4.78 is 12.3. The molecule has 14 heteroatoms. The number of nitrogens with one attached hydrogen (secondary N) is 2. The molecule has 0 saturated heterocycles. The second kappa shape index (κ2) is 29.4. The van der Waals surface area contributed by atoms with Gasteiger partial charge in [-0.1, -0.05) is 20.8 Å². The standard InChI is InChI=1S/C15H25N2O6S2.4K/c1-4-12(18)16-11(15(21)17-24)9-25-8-10(23-14(20)6-3)7-22-13(19)5-2;;;;/h10-11H,4-9H2,1-3H3,(H2-,16,17,18,21,24);;;;/q-1;4*+1/t10?,11-;;;;/m0..../s1. The van der Waals surface area contributed by atoms with E-state index in [9.17, 15) is 19.2 Å². The Bertz CT molecular complexity index is 478. The maximum Gasteiger partial charge on any atom is 1.00 e. The van der Waals surface area contributed by atoms with E-state index in [1.54, 1.807) is 20.8 Å². The van der Waals surface area contributed by atoms with Crippen LogP contribution in [0, 0.1) is 0 Å². The Hall–Kier alpha value is 5.13. The predicted molar refractivity (Wildman–Crippen MR) is 96.5 cm³/mol. The zero-order chi connectivity index (χ0) is 19.2. The van der Waals surface area contributed by atoms with Crippen LogP contribution in [0.3, 0.4) is 0 Å². The summed E-state index contributed by atoms with van der Waals surface area (Å²) in [6.45, 7) is 4.95. The summed E-state index contributed by atoms with van der Waals surface area (Å²) in [7, 11) is 0. The van der Waals surface area contributed by atoms with Crippen LogP contribution >= 0.6 is 11.8 Å². The fourth-order valence-corrected chi connectivity index (χ4v) is 2.72. The molecule has 2 amide bonds. The molecule has 0 radical (unpaired) electrons. The molecular formula is C15H25K4N2O6S2+3. The molecule has 0 rings (SSSR count). The molecule has 0 aliphatic carbocycles. The van der Waals surface area contributed by atoms with Crippen LogP contribution in [0.25, 0.3) is 0 Å². The summed E-state index contributed by atoms with van der Waals surface area (Å²) in [5.74, 6) is -0.987. The maximum absolute atomic E-state index is 11.7. The summed E-state index contributed by atoms with van der Waals surface area (Å²) in [4.78, 5) is 45.9. The molecule has 0 aliphatic heterocycles. The number of thioether (sulfide) groups is 1. The molecular weight excluding hydrogens is 525 g/mol. The average molecular weight is 550 g/mol. The summed E-state index contributed by atoms with van der Waals surface area (Å²) in [5, 5.41) is 2.57. The van der Waals surface area contributed by atoms with E-state index in [4.69, 9.17) is 9.47 Å². The maximum atomic E-state index is 11.7. The molecule has 2 atom stereocenters. The monoisotopic (exact) mass is 549 g/mol. The van der Waals surface area contributed by atoms with Gasteiger partial charge in [-0.3, -0.25) is 19.2 Å². The van der Waals surface area contributed by atoms with Crippen LogP contribution in [0.15, 0.2) is 0 Å². The van der Waals surface area contributed by atoms with Crippen molar-refractivity contribution in [2.24, 2.45) is 0 Å². The molecule has 8 nitrogen and oxygen atoms in total. The average Bonchev–Trinajstić information content (AvgIpc) is 2.63. The quantitative estimate of drug-likeness (QED) is 0.140. The van der Waals surface area contributed by atoms with Gasteiger partial charge in [0, 0.05) is 30.8 Å². The van der Waals surface area contributed by atoms with Gasteiger partial charge in [0.05, 0.1) is 0 Å². The van der Waals surface area contributed by atoms with Crippen molar-refractivity contribution >= 4 is 48.3 Å². The van der Waals surface area contributed by atoms with Gasteiger partial charge in [-0.2, -0.15) is 11.8 Å². The number of esters is 2. The molecule has 0 aromatic carbocycles. The Kier molecular flexibility index (Phi) is 44.7. The van der Waals surface area contributed by atoms with Crippen molar-refractivity contribution in [3.8, 4) is 0 Å². The van der Waals surface area contributed by atoms with Gasteiger partial charge < -0.3 is 32.3 Å². The van der Waals surface area contributed by atoms with Gasteiger partial charge in [-0.25, -0.2) is 0 Å². The third-order valence-electron chi connectivity index (χ3n) is 2.97. The van der Waals surface area contributed by atoms with E-state index in [1.165, 1.54) is 11.8 Å². The van der Waals surface area contributed by atoms with Crippen molar-refractivity contribution < 1.29 is 234 Å². The SMILES string of the molecule is CCC(=O)N[C@@H](CSCC(COC(=O)CC)OC(=O)CC)C(=O)N[S-].[K+].[K+].[K+].[K+]. The molecule has 0 aromatic heterocycles. The Morgan fingerprint density at radius 1 is 0.897 bits per heavy atom. The first-order valence-corrected chi connectivity index (χ1v) is 9.58. The van der Waals surface area contributed by atoms with E-state index < -0.39 is 24.0 Å². The normalized spacial score (nSPS) is 10.9. The van der Waals surface area contributed by atoms with Gasteiger partial charge in [0.1, 0.15) is 18.8 Å². The van der Waals surface area contributed by atoms with Crippen molar-refractivity contribution in [1.29, 1.82) is 0 Å². The van der Waals surface area contributed by atoms with Gasteiger partial charge >= 0.3 is 217 Å². The summed E-state index contributed by atoms with van der Waals surface area (Å²) >= 11 is 5.80. The van der Waals surface area contributed by atoms with Crippen molar-refractivity contribution in [2.75, 3.05) is 18.1 Å². The topological polar surface area (TPSA) is 111 Å². The van der Waals surface area contributed by atoms with E-state index in [0.717, 1.165) is 0 Å². The van der Waals surface area contributed by atoms with E-state index in [0.29, 0.717) is 5.75 Å². The van der Waals surface area contributed by atoms with Crippen LogP contribution in [-0.4, -0.2) is 54.0 Å². The molecule has 2 N–H and O–H groups in total. The summed E-state index contributed by atoms with van der Waals surface area (Å²) in [6, 6.07) is -0.782. The zero-order valence-electron chi connectivity index (χ0n) is 18.7. The van der Waals surface area contributed by atoms with Crippen molar-refractivity contribution in [3.63, 3.8) is 0 Å². The number of hydrogen-bond acceptors (Lipinski definition) is 8. The minimum atomic E-state index is -0.782. The molecule has 29 heavy (non-hydrogen) atoms. The predicted octanol–water partition coefficient (Wildman–Crippen LogP) is -11.5. The first-order chi connectivity index (χ1) is 11.9. The van der Waals surface area contributed by atoms with Gasteiger partial charge in [0.25, 0.3) is 0 Å². The van der Waals surface area contributed by atoms with Crippen LogP contribution in [0.1, 0.15) is 40.0 Å². The number of carbonyl (C=O) groups excluding carboxylic acids is 4. The van der Waals surface area contributed by atoms with Crippen LogP contribution < -0.4 is 216 Å². The molecule has 0 fully saturated rings. The summed E-state index contributed by atoms with van der Waals surface area (Å²) in [5.41, 5.74) is 0. The van der Waals surface area contributed by atoms with Crippen LogP contribution in [-0.2, 0) is 41.5 Å². The minimum Gasteiger partial charge on any atom is -0.668 e. The number of ether oxygens (including phenoxy) is 2. The Morgan fingerprint density at radius 2 is 1.45 bits per heavy atom.